The summed E-state index contributed by atoms with van der Waals surface area (Å²) in [5, 5.41) is 17.1. The van der Waals surface area contributed by atoms with E-state index in [2.05, 4.69) is 0 Å². The summed E-state index contributed by atoms with van der Waals surface area (Å²) in [4.78, 5) is 20.8. The van der Waals surface area contributed by atoms with Crippen LogP contribution in [0.5, 0.6) is 0 Å². The summed E-state index contributed by atoms with van der Waals surface area (Å²) in [7, 11) is 0. The van der Waals surface area contributed by atoms with Gasteiger partial charge in [-0.05, 0) is 11.3 Å². The molecular weight excluding hydrogens is 172 g/mol. The molecule has 0 radical (unpaired) electrons. The monoisotopic (exact) mass is 184 g/mol. The molecular formula is C9H12O4. The van der Waals surface area contributed by atoms with Gasteiger partial charge in [-0.15, -0.1) is 0 Å². The molecule has 0 amide bonds. The largest absolute Gasteiger partial charge is 0.481 e. The summed E-state index contributed by atoms with van der Waals surface area (Å²) in [6, 6.07) is 0. The average Bonchev–Trinajstić information content (AvgIpc) is 2.48. The number of aliphatic carboxylic acids is 2. The Morgan fingerprint density at radius 3 is 2.15 bits per heavy atom. The molecule has 1 fully saturated rings. The molecule has 2 N–H and O–H groups in total. The number of carbonyl (C=O) groups is 2. The Kier molecular flexibility index (Phi) is 2.15. The van der Waals surface area contributed by atoms with Crippen LogP contribution in [0.25, 0.3) is 0 Å². The zero-order valence-corrected chi connectivity index (χ0v) is 7.52. The number of rotatable bonds is 3. The maximum absolute atomic E-state index is 10.7. The SMILES string of the molecule is CC1(C)[C@H](C(=O)O)[C@@H]1C=CC(=O)O. The Morgan fingerprint density at radius 1 is 1.31 bits per heavy atom. The van der Waals surface area contributed by atoms with Crippen molar-refractivity contribution in [3.63, 3.8) is 0 Å². The molecule has 0 spiro atoms. The highest BCUT2D eigenvalue weighted by molar-refractivity contribution is 5.81. The maximum Gasteiger partial charge on any atom is 0.327 e. The second kappa shape index (κ2) is 2.87. The first-order chi connectivity index (χ1) is 5.87. The Bertz CT molecular complexity index is 277. The lowest BCUT2D eigenvalue weighted by atomic mass is 10.1. The Morgan fingerprint density at radius 2 is 1.85 bits per heavy atom. The van der Waals surface area contributed by atoms with Gasteiger partial charge in [-0.2, -0.15) is 0 Å². The van der Waals surface area contributed by atoms with Crippen molar-refractivity contribution in [1.82, 2.24) is 0 Å². The highest BCUT2D eigenvalue weighted by Gasteiger charge is 2.60. The molecule has 4 nitrogen and oxygen atoms in total. The van der Waals surface area contributed by atoms with Gasteiger partial charge >= 0.3 is 11.9 Å². The summed E-state index contributed by atoms with van der Waals surface area (Å²) in [5.41, 5.74) is -0.308. The topological polar surface area (TPSA) is 74.6 Å². The van der Waals surface area contributed by atoms with Crippen LogP contribution in [0.4, 0.5) is 0 Å². The molecule has 13 heavy (non-hydrogen) atoms. The van der Waals surface area contributed by atoms with Crippen molar-refractivity contribution in [1.29, 1.82) is 0 Å². The minimum atomic E-state index is -1.04. The van der Waals surface area contributed by atoms with Gasteiger partial charge in [0.1, 0.15) is 0 Å². The fourth-order valence-corrected chi connectivity index (χ4v) is 1.69. The molecule has 0 unspecified atom stereocenters. The molecule has 1 aliphatic rings. The maximum atomic E-state index is 10.7. The molecule has 1 aliphatic carbocycles. The third-order valence-corrected chi connectivity index (χ3v) is 2.62. The zero-order chi connectivity index (χ0) is 10.2. The van der Waals surface area contributed by atoms with Crippen LogP contribution in [0.1, 0.15) is 13.8 Å². The number of allylic oxidation sites excluding steroid dienone is 1. The quantitative estimate of drug-likeness (QED) is 0.641. The highest BCUT2D eigenvalue weighted by Crippen LogP contribution is 2.58. The summed E-state index contributed by atoms with van der Waals surface area (Å²) in [6.07, 6.45) is 2.47. The molecule has 1 rings (SSSR count). The van der Waals surface area contributed by atoms with E-state index in [1.54, 1.807) is 0 Å². The van der Waals surface area contributed by atoms with E-state index >= 15 is 0 Å². The lowest BCUT2D eigenvalue weighted by Gasteiger charge is -1.95. The highest BCUT2D eigenvalue weighted by atomic mass is 16.4. The van der Waals surface area contributed by atoms with Crippen molar-refractivity contribution in [3.8, 4) is 0 Å². The summed E-state index contributed by atoms with van der Waals surface area (Å²) >= 11 is 0. The molecule has 0 saturated heterocycles. The third-order valence-electron chi connectivity index (χ3n) is 2.62. The van der Waals surface area contributed by atoms with Gasteiger partial charge in [0.2, 0.25) is 0 Å². The van der Waals surface area contributed by atoms with Gasteiger partial charge in [0.05, 0.1) is 5.92 Å². The average molecular weight is 184 g/mol. The zero-order valence-electron chi connectivity index (χ0n) is 7.52. The molecule has 0 aliphatic heterocycles. The summed E-state index contributed by atoms with van der Waals surface area (Å²) < 4.78 is 0. The van der Waals surface area contributed by atoms with Crippen LogP contribution in [0.3, 0.4) is 0 Å². The van der Waals surface area contributed by atoms with Crippen LogP contribution >= 0.6 is 0 Å². The summed E-state index contributed by atoms with van der Waals surface area (Å²) in [6.45, 7) is 3.64. The van der Waals surface area contributed by atoms with E-state index in [-0.39, 0.29) is 11.3 Å². The molecule has 0 aromatic carbocycles. The predicted molar refractivity (Wildman–Crippen MR) is 45.2 cm³/mol. The van der Waals surface area contributed by atoms with Crippen LogP contribution < -0.4 is 0 Å². The van der Waals surface area contributed by atoms with Crippen LogP contribution in [0.15, 0.2) is 12.2 Å². The van der Waals surface area contributed by atoms with Gasteiger partial charge in [0, 0.05) is 6.08 Å². The molecule has 0 bridgehead atoms. The molecule has 2 atom stereocenters. The van der Waals surface area contributed by atoms with E-state index in [0.29, 0.717) is 0 Å². The molecule has 72 valence electrons. The van der Waals surface area contributed by atoms with E-state index in [1.165, 1.54) is 6.08 Å². The minimum absolute atomic E-state index is 0.152. The van der Waals surface area contributed by atoms with E-state index in [0.717, 1.165) is 6.08 Å². The van der Waals surface area contributed by atoms with Crippen molar-refractivity contribution in [2.75, 3.05) is 0 Å². The number of carboxylic acids is 2. The Balaban J connectivity index is 2.66. The minimum Gasteiger partial charge on any atom is -0.481 e. The lowest BCUT2D eigenvalue weighted by Crippen LogP contribution is -2.03. The van der Waals surface area contributed by atoms with Crippen molar-refractivity contribution in [2.45, 2.75) is 13.8 Å². The standard InChI is InChI=1S/C9H12O4/c1-9(2)5(3-4-6(10)11)7(9)8(12)13/h3-5,7H,1-2H3,(H,10,11)(H,12,13)/t5-,7-/m0/s1. The predicted octanol–water partition coefficient (Wildman–Crippen LogP) is 0.984. The molecule has 0 heterocycles. The van der Waals surface area contributed by atoms with E-state index in [1.807, 2.05) is 13.8 Å². The van der Waals surface area contributed by atoms with E-state index < -0.39 is 17.9 Å². The van der Waals surface area contributed by atoms with Crippen LogP contribution in [0, 0.1) is 17.3 Å². The third kappa shape index (κ3) is 1.71. The van der Waals surface area contributed by atoms with Gasteiger partial charge < -0.3 is 10.2 Å². The van der Waals surface area contributed by atoms with Crippen molar-refractivity contribution in [3.05, 3.63) is 12.2 Å². The summed E-state index contributed by atoms with van der Waals surface area (Å²) in [5.74, 6) is -2.49. The number of carboxylic acid groups (broad SMARTS) is 2. The fraction of sp³-hybridized carbons (Fsp3) is 0.556. The van der Waals surface area contributed by atoms with Crippen molar-refractivity contribution < 1.29 is 19.8 Å². The van der Waals surface area contributed by atoms with E-state index in [9.17, 15) is 9.59 Å². The first-order valence-electron chi connectivity index (χ1n) is 4.01. The van der Waals surface area contributed by atoms with Crippen LogP contribution in [-0.2, 0) is 9.59 Å². The van der Waals surface area contributed by atoms with E-state index in [4.69, 9.17) is 10.2 Å². The molecule has 1 saturated carbocycles. The smallest absolute Gasteiger partial charge is 0.327 e. The first-order valence-corrected chi connectivity index (χ1v) is 4.01. The Labute approximate surface area is 75.9 Å². The van der Waals surface area contributed by atoms with Gasteiger partial charge in [-0.25, -0.2) is 4.79 Å². The second-order valence-electron chi connectivity index (χ2n) is 3.86. The number of hydrogen-bond donors (Lipinski definition) is 2. The lowest BCUT2D eigenvalue weighted by molar-refractivity contribution is -0.139. The van der Waals surface area contributed by atoms with Crippen molar-refractivity contribution in [2.24, 2.45) is 17.3 Å². The fourth-order valence-electron chi connectivity index (χ4n) is 1.69. The van der Waals surface area contributed by atoms with Crippen LogP contribution in [-0.4, -0.2) is 22.2 Å². The van der Waals surface area contributed by atoms with Gasteiger partial charge in [0.15, 0.2) is 0 Å². The molecule has 0 aromatic heterocycles. The van der Waals surface area contributed by atoms with Gasteiger partial charge in [-0.1, -0.05) is 19.9 Å². The normalized spacial score (nSPS) is 30.3. The Hall–Kier alpha value is -1.32. The van der Waals surface area contributed by atoms with Gasteiger partial charge in [0.25, 0.3) is 0 Å². The molecule has 4 heteroatoms. The second-order valence-corrected chi connectivity index (χ2v) is 3.86. The van der Waals surface area contributed by atoms with Gasteiger partial charge in [-0.3, -0.25) is 4.79 Å². The van der Waals surface area contributed by atoms with Crippen molar-refractivity contribution >= 4 is 11.9 Å². The first kappa shape index (κ1) is 9.77. The van der Waals surface area contributed by atoms with Crippen LogP contribution in [0.2, 0.25) is 0 Å². The molecule has 0 aromatic rings. The number of hydrogen-bond acceptors (Lipinski definition) is 2.